The zero-order chi connectivity index (χ0) is 52.3. The minimum Gasteiger partial charge on any atom is -0.309 e. The van der Waals surface area contributed by atoms with Crippen LogP contribution in [-0.4, -0.2) is 4.57 Å². The minimum absolute atomic E-state index is 0.481. The molecule has 0 bridgehead atoms. The lowest BCUT2D eigenvalue weighted by molar-refractivity contribution is 0.445. The zero-order valence-corrected chi connectivity index (χ0v) is 44.1. The Morgan fingerprint density at radius 2 is 0.911 bits per heavy atom. The van der Waals surface area contributed by atoms with Crippen LogP contribution in [0.1, 0.15) is 65.8 Å². The lowest BCUT2D eigenvalue weighted by Gasteiger charge is -2.34. The minimum atomic E-state index is -0.481. The largest absolute Gasteiger partial charge is 0.309 e. The van der Waals surface area contributed by atoms with Crippen LogP contribution in [0.3, 0.4) is 0 Å². The maximum absolute atomic E-state index is 2.54. The Morgan fingerprint density at radius 3 is 1.66 bits per heavy atom. The average Bonchev–Trinajstić information content (AvgIpc) is 3.49. The predicted octanol–water partition coefficient (Wildman–Crippen LogP) is 20.8. The molecule has 12 aromatic carbocycles. The monoisotopic (exact) mass is 1010 g/mol. The van der Waals surface area contributed by atoms with Gasteiger partial charge in [-0.25, -0.2) is 0 Å². The van der Waals surface area contributed by atoms with Crippen molar-refractivity contribution >= 4 is 49.6 Å². The van der Waals surface area contributed by atoms with Crippen molar-refractivity contribution in [2.24, 2.45) is 0 Å². The van der Waals surface area contributed by atoms with E-state index in [0.29, 0.717) is 5.92 Å². The molecule has 0 radical (unpaired) electrons. The Balaban J connectivity index is 0.939. The number of para-hydroxylation sites is 4. The van der Waals surface area contributed by atoms with Gasteiger partial charge < -0.3 is 9.47 Å². The summed E-state index contributed by atoms with van der Waals surface area (Å²) < 4.78 is 2.43. The first kappa shape index (κ1) is 46.8. The van der Waals surface area contributed by atoms with Gasteiger partial charge in [0.2, 0.25) is 0 Å². The maximum Gasteiger partial charge on any atom is 0.0713 e. The van der Waals surface area contributed by atoms with Crippen LogP contribution >= 0.6 is 0 Å². The lowest BCUT2D eigenvalue weighted by Crippen LogP contribution is -2.28. The van der Waals surface area contributed by atoms with Crippen molar-refractivity contribution in [3.63, 3.8) is 0 Å². The second kappa shape index (κ2) is 19.5. The van der Waals surface area contributed by atoms with Crippen molar-refractivity contribution < 1.29 is 0 Å². The van der Waals surface area contributed by atoms with Gasteiger partial charge in [-0.3, -0.25) is 0 Å². The lowest BCUT2D eigenvalue weighted by atomic mass is 9.67. The van der Waals surface area contributed by atoms with Gasteiger partial charge >= 0.3 is 0 Å². The van der Waals surface area contributed by atoms with Crippen LogP contribution in [0, 0.1) is 0 Å². The molecule has 0 saturated heterocycles. The standard InChI is InChI=1S/C77H58N2/c1-5-24-53(25-6-1)62-38-21-26-55-27-22-40-67(75(55)62)65-36-16-20-45-73(65)78(71-43-18-14-34-61(71)56-48-51-66-64-35-15-19-44-72(64)79(74(66)52-56)59-32-11-4-12-33-59)60-49-46-54(47-50-60)63-39-23-42-70-76(63)68-37-13-17-41-69(68)77(70,57-28-7-2-8-29-57)58-30-9-3-10-31-58/h2-4,7-23,26-53H,1,5-6,24-25H2. The summed E-state index contributed by atoms with van der Waals surface area (Å²) in [5, 5.41) is 5.17. The fraction of sp³-hybridized carbons (Fsp3) is 0.0909. The van der Waals surface area contributed by atoms with E-state index in [2.05, 4.69) is 295 Å². The van der Waals surface area contributed by atoms with E-state index in [4.69, 9.17) is 0 Å². The number of anilines is 3. The highest BCUT2D eigenvalue weighted by molar-refractivity contribution is 6.11. The van der Waals surface area contributed by atoms with Gasteiger partial charge in [0.1, 0.15) is 0 Å². The van der Waals surface area contributed by atoms with E-state index < -0.39 is 5.41 Å². The molecule has 0 unspecified atom stereocenters. The van der Waals surface area contributed by atoms with Gasteiger partial charge in [0.15, 0.2) is 0 Å². The van der Waals surface area contributed by atoms with Gasteiger partial charge in [-0.05, 0) is 139 Å². The third-order valence-electron chi connectivity index (χ3n) is 17.5. The Labute approximate surface area is 463 Å². The van der Waals surface area contributed by atoms with Crippen molar-refractivity contribution in [3.8, 4) is 50.2 Å². The summed E-state index contributed by atoms with van der Waals surface area (Å²) >= 11 is 0. The predicted molar refractivity (Wildman–Crippen MR) is 332 cm³/mol. The summed E-state index contributed by atoms with van der Waals surface area (Å²) in [5.74, 6) is 0.550. The molecule has 13 aromatic rings. The number of fused-ring (bicyclic) bond motifs is 7. The molecule has 2 aliphatic carbocycles. The summed E-state index contributed by atoms with van der Waals surface area (Å²) in [5.41, 5.74) is 22.8. The molecule has 1 saturated carbocycles. The molecule has 1 aromatic heterocycles. The normalized spacial score (nSPS) is 13.9. The number of hydrogen-bond acceptors (Lipinski definition) is 1. The van der Waals surface area contributed by atoms with Crippen LogP contribution in [0.25, 0.3) is 82.8 Å². The third-order valence-corrected chi connectivity index (χ3v) is 17.5. The number of rotatable bonds is 10. The fourth-order valence-electron chi connectivity index (χ4n) is 14.1. The van der Waals surface area contributed by atoms with E-state index in [0.717, 1.165) is 33.9 Å². The molecule has 0 aliphatic heterocycles. The highest BCUT2D eigenvalue weighted by Gasteiger charge is 2.46. The maximum atomic E-state index is 2.54. The Hall–Kier alpha value is -9.50. The first-order chi connectivity index (χ1) is 39.2. The van der Waals surface area contributed by atoms with Gasteiger partial charge in [-0.2, -0.15) is 0 Å². The molecule has 2 heteroatoms. The van der Waals surface area contributed by atoms with Gasteiger partial charge in [-0.1, -0.05) is 256 Å². The van der Waals surface area contributed by atoms with E-state index in [1.165, 1.54) is 126 Å². The van der Waals surface area contributed by atoms with Crippen LogP contribution < -0.4 is 4.90 Å². The van der Waals surface area contributed by atoms with Crippen LogP contribution in [0.15, 0.2) is 285 Å². The summed E-state index contributed by atoms with van der Waals surface area (Å²) in [6.45, 7) is 0. The number of hydrogen-bond donors (Lipinski definition) is 0. The smallest absolute Gasteiger partial charge is 0.0713 e. The average molecular weight is 1010 g/mol. The molecule has 2 aliphatic rings. The number of aromatic nitrogens is 1. The molecule has 0 amide bonds. The highest BCUT2D eigenvalue weighted by atomic mass is 15.1. The van der Waals surface area contributed by atoms with E-state index in [-0.39, 0.29) is 0 Å². The Morgan fingerprint density at radius 1 is 0.367 bits per heavy atom. The van der Waals surface area contributed by atoms with E-state index in [1.807, 2.05) is 0 Å². The van der Waals surface area contributed by atoms with Crippen molar-refractivity contribution in [1.82, 2.24) is 4.57 Å². The van der Waals surface area contributed by atoms with Gasteiger partial charge in [0, 0.05) is 33.3 Å². The quantitative estimate of drug-likeness (QED) is 0.133. The molecule has 376 valence electrons. The van der Waals surface area contributed by atoms with E-state index in [9.17, 15) is 0 Å². The van der Waals surface area contributed by atoms with Crippen molar-refractivity contribution in [2.75, 3.05) is 4.90 Å². The van der Waals surface area contributed by atoms with Crippen molar-refractivity contribution in [1.29, 1.82) is 0 Å². The summed E-state index contributed by atoms with van der Waals surface area (Å²) in [7, 11) is 0. The van der Waals surface area contributed by atoms with Crippen LogP contribution in [0.2, 0.25) is 0 Å². The summed E-state index contributed by atoms with van der Waals surface area (Å²) in [6, 6.07) is 107. The molecule has 1 fully saturated rings. The van der Waals surface area contributed by atoms with Gasteiger partial charge in [0.25, 0.3) is 0 Å². The van der Waals surface area contributed by atoms with Crippen LogP contribution in [0.5, 0.6) is 0 Å². The third kappa shape index (κ3) is 7.61. The van der Waals surface area contributed by atoms with Gasteiger partial charge in [0.05, 0.1) is 27.8 Å². The first-order valence-corrected chi connectivity index (χ1v) is 28.3. The number of benzene rings is 12. The fourth-order valence-corrected chi connectivity index (χ4v) is 14.1. The second-order valence-corrected chi connectivity index (χ2v) is 21.7. The molecular formula is C77H58N2. The zero-order valence-electron chi connectivity index (χ0n) is 44.1. The molecule has 1 heterocycles. The number of nitrogens with zero attached hydrogens (tertiary/aromatic N) is 2. The molecule has 0 N–H and O–H groups in total. The highest BCUT2D eigenvalue weighted by Crippen LogP contribution is 2.58. The van der Waals surface area contributed by atoms with Crippen molar-refractivity contribution in [2.45, 2.75) is 43.4 Å². The Kier molecular flexibility index (Phi) is 11.5. The van der Waals surface area contributed by atoms with Crippen LogP contribution in [-0.2, 0) is 5.41 Å². The van der Waals surface area contributed by atoms with E-state index >= 15 is 0 Å². The Bertz CT molecular complexity index is 4350. The van der Waals surface area contributed by atoms with E-state index in [1.54, 1.807) is 0 Å². The molecule has 0 atom stereocenters. The summed E-state index contributed by atoms with van der Waals surface area (Å²) in [4.78, 5) is 2.54. The second-order valence-electron chi connectivity index (χ2n) is 21.7. The SMILES string of the molecule is c1ccc(-n2c3ccccc3c3ccc(-c4ccccc4N(c4ccc(-c5cccc6c5-c5ccccc5C6(c5ccccc5)c5ccccc5)cc4)c4ccccc4-c4cccc5cccc(C6CCCCC6)c45)cc32)cc1. The molecule has 0 spiro atoms. The summed E-state index contributed by atoms with van der Waals surface area (Å²) in [6.07, 6.45) is 6.39. The molecule has 79 heavy (non-hydrogen) atoms. The van der Waals surface area contributed by atoms with Gasteiger partial charge in [-0.15, -0.1) is 0 Å². The topological polar surface area (TPSA) is 8.17 Å². The van der Waals surface area contributed by atoms with Crippen LogP contribution in [0.4, 0.5) is 17.1 Å². The molecule has 15 rings (SSSR count). The first-order valence-electron chi connectivity index (χ1n) is 28.3. The molecular weight excluding hydrogens is 953 g/mol. The van der Waals surface area contributed by atoms with Crippen molar-refractivity contribution in [3.05, 3.63) is 313 Å². The molecule has 2 nitrogen and oxygen atoms in total.